The van der Waals surface area contributed by atoms with E-state index in [1.807, 2.05) is 43.1 Å². The molecule has 0 radical (unpaired) electrons. The van der Waals surface area contributed by atoms with Crippen LogP contribution in [0.1, 0.15) is 18.0 Å². The fraction of sp³-hybridized carbons (Fsp3) is 0.533. The quantitative estimate of drug-likeness (QED) is 0.902. The van der Waals surface area contributed by atoms with Gasteiger partial charge in [0, 0.05) is 31.0 Å². The number of hydrogen-bond acceptors (Lipinski definition) is 3. The molecule has 1 N–H and O–H groups in total. The molecule has 2 amide bonds. The Kier molecular flexibility index (Phi) is 6.21. The van der Waals surface area contributed by atoms with Crippen molar-refractivity contribution >= 4 is 29.4 Å². The van der Waals surface area contributed by atoms with E-state index in [1.165, 1.54) is 0 Å². The van der Waals surface area contributed by atoms with Gasteiger partial charge in [-0.25, -0.2) is 4.79 Å². The van der Waals surface area contributed by atoms with Crippen molar-refractivity contribution in [3.8, 4) is 0 Å². The van der Waals surface area contributed by atoms with Gasteiger partial charge in [0.05, 0.1) is 12.6 Å². The van der Waals surface area contributed by atoms with Gasteiger partial charge in [0.2, 0.25) is 0 Å². The molecule has 6 heteroatoms. The van der Waals surface area contributed by atoms with E-state index in [2.05, 4.69) is 5.32 Å². The maximum absolute atomic E-state index is 12.4. The van der Waals surface area contributed by atoms with Crippen LogP contribution in [0.3, 0.4) is 0 Å². The molecular formula is C15H21ClN2O2S. The number of nitrogens with one attached hydrogen (secondary N) is 1. The number of urea groups is 1. The van der Waals surface area contributed by atoms with E-state index < -0.39 is 0 Å². The summed E-state index contributed by atoms with van der Waals surface area (Å²) in [4.78, 5) is 14.2. The molecule has 116 valence electrons. The van der Waals surface area contributed by atoms with Crippen molar-refractivity contribution < 1.29 is 9.53 Å². The van der Waals surface area contributed by atoms with E-state index in [9.17, 15) is 4.79 Å². The normalized spacial score (nSPS) is 19.3. The number of nitrogens with zero attached hydrogens (tertiary/aromatic N) is 1. The Morgan fingerprint density at radius 3 is 2.81 bits per heavy atom. The minimum atomic E-state index is -0.170. The molecule has 0 spiro atoms. The molecule has 0 unspecified atom stereocenters. The average Bonchev–Trinajstić information content (AvgIpc) is 3.01. The summed E-state index contributed by atoms with van der Waals surface area (Å²) < 4.78 is 5.22. The molecule has 0 bridgehead atoms. The predicted octanol–water partition coefficient (Wildman–Crippen LogP) is 3.17. The fourth-order valence-corrected chi connectivity index (χ4v) is 3.72. The van der Waals surface area contributed by atoms with E-state index in [1.54, 1.807) is 12.0 Å². The highest BCUT2D eigenvalue weighted by Crippen LogP contribution is 2.22. The smallest absolute Gasteiger partial charge is 0.317 e. The lowest BCUT2D eigenvalue weighted by Crippen LogP contribution is -2.45. The Bertz CT molecular complexity index is 463. The number of methoxy groups -OCH3 is 1. The molecule has 1 saturated heterocycles. The Labute approximate surface area is 135 Å². The summed E-state index contributed by atoms with van der Waals surface area (Å²) in [7, 11) is 3.49. The third kappa shape index (κ3) is 4.53. The van der Waals surface area contributed by atoms with Crippen LogP contribution >= 0.6 is 23.4 Å². The highest BCUT2D eigenvalue weighted by atomic mass is 35.5. The second kappa shape index (κ2) is 7.92. The first-order valence-electron chi connectivity index (χ1n) is 6.97. The minimum Gasteiger partial charge on any atom is -0.382 e. The van der Waals surface area contributed by atoms with Crippen molar-refractivity contribution in [3.63, 3.8) is 0 Å². The Balaban J connectivity index is 2.01. The van der Waals surface area contributed by atoms with Crippen LogP contribution in [0, 0.1) is 0 Å². The molecule has 1 aliphatic rings. The molecule has 1 aromatic rings. The molecule has 1 heterocycles. The van der Waals surface area contributed by atoms with Crippen LogP contribution in [0.2, 0.25) is 5.02 Å². The van der Waals surface area contributed by atoms with Crippen molar-refractivity contribution in [2.45, 2.75) is 18.5 Å². The van der Waals surface area contributed by atoms with E-state index in [0.29, 0.717) is 17.7 Å². The molecule has 21 heavy (non-hydrogen) atoms. The van der Waals surface area contributed by atoms with E-state index in [-0.39, 0.29) is 12.1 Å². The summed E-state index contributed by atoms with van der Waals surface area (Å²) in [6.45, 7) is 0.431. The number of halogens is 1. The molecule has 0 saturated carbocycles. The Morgan fingerprint density at radius 1 is 1.52 bits per heavy atom. The van der Waals surface area contributed by atoms with Gasteiger partial charge in [0.15, 0.2) is 0 Å². The van der Waals surface area contributed by atoms with Crippen LogP contribution in [-0.2, 0) is 4.74 Å². The van der Waals surface area contributed by atoms with Gasteiger partial charge in [-0.2, -0.15) is 11.8 Å². The zero-order valence-corrected chi connectivity index (χ0v) is 13.9. The van der Waals surface area contributed by atoms with Crippen LogP contribution in [0.25, 0.3) is 0 Å². The van der Waals surface area contributed by atoms with Crippen molar-refractivity contribution in [1.82, 2.24) is 10.2 Å². The van der Waals surface area contributed by atoms with Gasteiger partial charge in [-0.1, -0.05) is 23.7 Å². The molecule has 0 aromatic heterocycles. The standard InChI is InChI=1S/C15H21ClN2O2S/c1-18(13-7-8-21-10-13)15(19)17-14(9-20-2)11-3-5-12(16)6-4-11/h3-6,13-14H,7-10H2,1-2H3,(H,17,19)/t13-,14-/m1/s1. The van der Waals surface area contributed by atoms with Gasteiger partial charge in [0.25, 0.3) is 0 Å². The highest BCUT2D eigenvalue weighted by Gasteiger charge is 2.25. The molecular weight excluding hydrogens is 308 g/mol. The Hall–Kier alpha value is -0.910. The maximum Gasteiger partial charge on any atom is 0.317 e. The van der Waals surface area contributed by atoms with Crippen LogP contribution in [0.5, 0.6) is 0 Å². The van der Waals surface area contributed by atoms with Crippen molar-refractivity contribution in [2.24, 2.45) is 0 Å². The number of rotatable bonds is 5. The largest absolute Gasteiger partial charge is 0.382 e. The van der Waals surface area contributed by atoms with Crippen LogP contribution < -0.4 is 5.32 Å². The zero-order valence-electron chi connectivity index (χ0n) is 12.3. The molecule has 0 aliphatic carbocycles. The van der Waals surface area contributed by atoms with Crippen molar-refractivity contribution in [2.75, 3.05) is 32.3 Å². The van der Waals surface area contributed by atoms with Crippen LogP contribution in [0.4, 0.5) is 4.79 Å². The number of benzene rings is 1. The average molecular weight is 329 g/mol. The molecule has 2 atom stereocenters. The third-order valence-corrected chi connectivity index (χ3v) is 5.07. The maximum atomic E-state index is 12.4. The van der Waals surface area contributed by atoms with Gasteiger partial charge in [0.1, 0.15) is 0 Å². The fourth-order valence-electron chi connectivity index (χ4n) is 2.33. The molecule has 1 aromatic carbocycles. The Morgan fingerprint density at radius 2 is 2.24 bits per heavy atom. The predicted molar refractivity (Wildman–Crippen MR) is 88.1 cm³/mol. The summed E-state index contributed by atoms with van der Waals surface area (Å²) in [5.74, 6) is 2.14. The van der Waals surface area contributed by atoms with Crippen LogP contribution in [-0.4, -0.2) is 49.2 Å². The lowest BCUT2D eigenvalue weighted by Gasteiger charge is -2.27. The van der Waals surface area contributed by atoms with E-state index in [0.717, 1.165) is 23.5 Å². The number of ether oxygens (including phenoxy) is 1. The first kappa shape index (κ1) is 16.5. The van der Waals surface area contributed by atoms with Gasteiger partial charge >= 0.3 is 6.03 Å². The number of thioether (sulfide) groups is 1. The monoisotopic (exact) mass is 328 g/mol. The summed E-state index contributed by atoms with van der Waals surface area (Å²) in [5.41, 5.74) is 0.990. The van der Waals surface area contributed by atoms with Crippen molar-refractivity contribution in [3.05, 3.63) is 34.9 Å². The molecule has 1 aliphatic heterocycles. The highest BCUT2D eigenvalue weighted by molar-refractivity contribution is 7.99. The molecule has 1 fully saturated rings. The topological polar surface area (TPSA) is 41.6 Å². The zero-order chi connectivity index (χ0) is 15.2. The van der Waals surface area contributed by atoms with Gasteiger partial charge in [-0.3, -0.25) is 0 Å². The summed E-state index contributed by atoms with van der Waals surface area (Å²) in [5, 5.41) is 3.72. The summed E-state index contributed by atoms with van der Waals surface area (Å²) in [6.07, 6.45) is 1.06. The molecule has 4 nitrogen and oxygen atoms in total. The first-order chi connectivity index (χ1) is 10.1. The van der Waals surface area contributed by atoms with E-state index in [4.69, 9.17) is 16.3 Å². The third-order valence-electron chi connectivity index (χ3n) is 3.68. The van der Waals surface area contributed by atoms with Gasteiger partial charge in [-0.05, 0) is 29.9 Å². The summed E-state index contributed by atoms with van der Waals surface area (Å²) >= 11 is 7.80. The lowest BCUT2D eigenvalue weighted by molar-refractivity contribution is 0.154. The molecule has 2 rings (SSSR count). The first-order valence-corrected chi connectivity index (χ1v) is 8.50. The number of carbonyl (C=O) groups is 1. The second-order valence-corrected chi connectivity index (χ2v) is 6.72. The number of carbonyl (C=O) groups excluding carboxylic acids is 1. The van der Waals surface area contributed by atoms with E-state index >= 15 is 0 Å². The number of amides is 2. The SMILES string of the molecule is COC[C@@H](NC(=O)N(C)[C@@H]1CCSC1)c1ccc(Cl)cc1. The van der Waals surface area contributed by atoms with Gasteiger partial charge in [-0.15, -0.1) is 0 Å². The summed E-state index contributed by atoms with van der Waals surface area (Å²) in [6, 6.07) is 7.57. The van der Waals surface area contributed by atoms with Crippen LogP contribution in [0.15, 0.2) is 24.3 Å². The minimum absolute atomic E-state index is 0.0560. The van der Waals surface area contributed by atoms with Gasteiger partial charge < -0.3 is 15.0 Å². The number of hydrogen-bond donors (Lipinski definition) is 1. The second-order valence-electron chi connectivity index (χ2n) is 5.14. The lowest BCUT2D eigenvalue weighted by atomic mass is 10.1. The van der Waals surface area contributed by atoms with Crippen molar-refractivity contribution in [1.29, 1.82) is 0 Å².